The van der Waals surface area contributed by atoms with Crippen LogP contribution in [-0.4, -0.2) is 33.5 Å². The van der Waals surface area contributed by atoms with Crippen LogP contribution >= 0.6 is 12.4 Å². The lowest BCUT2D eigenvalue weighted by atomic mass is 9.67. The summed E-state index contributed by atoms with van der Waals surface area (Å²) in [4.78, 5) is 12.7. The molecule has 2 aliphatic rings. The van der Waals surface area contributed by atoms with Crippen molar-refractivity contribution in [3.05, 3.63) is 29.8 Å². The fourth-order valence-corrected chi connectivity index (χ4v) is 4.96. The van der Waals surface area contributed by atoms with Crippen molar-refractivity contribution in [3.8, 4) is 0 Å². The normalized spacial score (nSPS) is 28.7. The van der Waals surface area contributed by atoms with Crippen molar-refractivity contribution in [2.75, 3.05) is 7.05 Å². The van der Waals surface area contributed by atoms with Gasteiger partial charge in [-0.05, 0) is 62.8 Å². The molecule has 1 amide bonds. The number of fused-ring (bicyclic) bond motifs is 2. The van der Waals surface area contributed by atoms with Gasteiger partial charge in [0.1, 0.15) is 0 Å². The Balaban J connectivity index is 0.00000225. The Morgan fingerprint density at radius 1 is 1.20 bits per heavy atom. The second kappa shape index (κ2) is 8.03. The predicted octanol–water partition coefficient (Wildman–Crippen LogP) is 1.65. The van der Waals surface area contributed by atoms with Crippen molar-refractivity contribution in [2.24, 2.45) is 17.6 Å². The van der Waals surface area contributed by atoms with Gasteiger partial charge in [-0.15, -0.1) is 12.4 Å². The number of carbonyl (C=O) groups is 1. The van der Waals surface area contributed by atoms with E-state index < -0.39 is 10.0 Å². The van der Waals surface area contributed by atoms with Crippen LogP contribution in [0.2, 0.25) is 0 Å². The molecule has 2 fully saturated rings. The molecule has 1 aromatic rings. The van der Waals surface area contributed by atoms with E-state index in [4.69, 9.17) is 5.73 Å². The average molecular weight is 388 g/mol. The molecule has 0 spiro atoms. The van der Waals surface area contributed by atoms with Crippen molar-refractivity contribution in [1.29, 1.82) is 0 Å². The Morgan fingerprint density at radius 3 is 2.44 bits per heavy atom. The van der Waals surface area contributed by atoms with Gasteiger partial charge in [0.25, 0.3) is 5.91 Å². The Kier molecular flexibility index (Phi) is 6.48. The highest BCUT2D eigenvalue weighted by molar-refractivity contribution is 7.89. The molecule has 2 aliphatic carbocycles. The number of carbonyl (C=O) groups excluding carboxylic acids is 1. The third-order valence-electron chi connectivity index (χ3n) is 5.35. The highest BCUT2D eigenvalue weighted by atomic mass is 35.5. The molecular weight excluding hydrogens is 362 g/mol. The smallest absolute Gasteiger partial charge is 0.251 e. The van der Waals surface area contributed by atoms with Gasteiger partial charge in [0.05, 0.1) is 4.90 Å². The topological polar surface area (TPSA) is 101 Å². The molecule has 0 aromatic heterocycles. The zero-order chi connectivity index (χ0) is 17.3. The van der Waals surface area contributed by atoms with Crippen LogP contribution in [0.25, 0.3) is 0 Å². The largest absolute Gasteiger partial charge is 0.349 e. The first-order valence-electron chi connectivity index (χ1n) is 8.51. The fraction of sp³-hybridized carbons (Fsp3) is 0.588. The van der Waals surface area contributed by atoms with Gasteiger partial charge in [-0.2, -0.15) is 0 Å². The van der Waals surface area contributed by atoms with Gasteiger partial charge >= 0.3 is 0 Å². The van der Waals surface area contributed by atoms with Gasteiger partial charge in [-0.3, -0.25) is 4.79 Å². The van der Waals surface area contributed by atoms with Crippen LogP contribution in [0.5, 0.6) is 0 Å². The molecule has 6 nitrogen and oxygen atoms in total. The second-order valence-electron chi connectivity index (χ2n) is 6.92. The maximum atomic E-state index is 12.6. The molecule has 2 unspecified atom stereocenters. The van der Waals surface area contributed by atoms with E-state index in [1.54, 1.807) is 12.1 Å². The zero-order valence-electron chi connectivity index (χ0n) is 14.3. The number of amides is 1. The summed E-state index contributed by atoms with van der Waals surface area (Å²) in [6, 6.07) is 6.53. The predicted molar refractivity (Wildman–Crippen MR) is 99.2 cm³/mol. The van der Waals surface area contributed by atoms with Gasteiger partial charge in [0.2, 0.25) is 10.0 Å². The number of nitrogens with one attached hydrogen (secondary N) is 2. The monoisotopic (exact) mass is 387 g/mol. The quantitative estimate of drug-likeness (QED) is 0.731. The lowest BCUT2D eigenvalue weighted by Gasteiger charge is -2.45. The molecule has 140 valence electrons. The number of rotatable bonds is 4. The van der Waals surface area contributed by atoms with Crippen LogP contribution < -0.4 is 15.8 Å². The molecule has 8 heteroatoms. The first-order valence-corrected chi connectivity index (χ1v) is 9.99. The Bertz CT molecular complexity index is 712. The van der Waals surface area contributed by atoms with Crippen molar-refractivity contribution in [2.45, 2.75) is 49.1 Å². The fourth-order valence-electron chi connectivity index (χ4n) is 4.18. The summed E-state index contributed by atoms with van der Waals surface area (Å²) >= 11 is 0. The number of halogens is 1. The molecule has 2 atom stereocenters. The van der Waals surface area contributed by atoms with Crippen LogP contribution in [0.3, 0.4) is 0 Å². The number of sulfonamides is 1. The molecule has 2 saturated carbocycles. The molecule has 0 radical (unpaired) electrons. The summed E-state index contributed by atoms with van der Waals surface area (Å²) in [6.07, 6.45) is 5.31. The summed E-state index contributed by atoms with van der Waals surface area (Å²) in [7, 11) is -2.20. The third-order valence-corrected chi connectivity index (χ3v) is 6.76. The molecule has 2 bridgehead atoms. The van der Waals surface area contributed by atoms with Crippen molar-refractivity contribution >= 4 is 28.3 Å². The van der Waals surface area contributed by atoms with Crippen molar-refractivity contribution in [3.63, 3.8) is 0 Å². The molecule has 4 N–H and O–H groups in total. The average Bonchev–Trinajstić information content (AvgIpc) is 2.55. The number of hydrogen-bond acceptors (Lipinski definition) is 4. The standard InChI is InChI=1S/C17H25N3O3S.ClH/c1-19-24(22,23)15-7-3-6-13(10-15)17(21)20-16-11-4-2-5-12(16)9-14(18)8-11;/h3,6-7,10-12,14,16,19H,2,4-5,8-9,18H2,1H3,(H,20,21);1H. The molecule has 0 aliphatic heterocycles. The van der Waals surface area contributed by atoms with E-state index in [1.165, 1.54) is 25.6 Å². The van der Waals surface area contributed by atoms with Crippen molar-refractivity contribution in [1.82, 2.24) is 10.0 Å². The van der Waals surface area contributed by atoms with E-state index in [0.29, 0.717) is 17.4 Å². The first-order chi connectivity index (χ1) is 11.4. The SMILES string of the molecule is CNS(=O)(=O)c1cccc(C(=O)NC2C3CCCC2CC(N)C3)c1.Cl. The van der Waals surface area contributed by atoms with Gasteiger partial charge < -0.3 is 11.1 Å². The van der Waals surface area contributed by atoms with Gasteiger partial charge in [0.15, 0.2) is 0 Å². The summed E-state index contributed by atoms with van der Waals surface area (Å²) in [5.74, 6) is 0.655. The van der Waals surface area contributed by atoms with Crippen LogP contribution in [0.15, 0.2) is 29.2 Å². The maximum Gasteiger partial charge on any atom is 0.251 e. The molecule has 0 saturated heterocycles. The van der Waals surface area contributed by atoms with E-state index in [9.17, 15) is 13.2 Å². The minimum atomic E-state index is -3.56. The lowest BCUT2D eigenvalue weighted by molar-refractivity contribution is 0.0756. The van der Waals surface area contributed by atoms with E-state index in [-0.39, 0.29) is 35.3 Å². The van der Waals surface area contributed by atoms with E-state index in [2.05, 4.69) is 10.0 Å². The van der Waals surface area contributed by atoms with Crippen LogP contribution in [0.4, 0.5) is 0 Å². The van der Waals surface area contributed by atoms with Gasteiger partial charge in [-0.1, -0.05) is 12.5 Å². The van der Waals surface area contributed by atoms with E-state index in [1.807, 2.05) is 0 Å². The number of hydrogen-bond donors (Lipinski definition) is 3. The van der Waals surface area contributed by atoms with Gasteiger partial charge in [-0.25, -0.2) is 13.1 Å². The van der Waals surface area contributed by atoms with Gasteiger partial charge in [0, 0.05) is 17.6 Å². The van der Waals surface area contributed by atoms with E-state index >= 15 is 0 Å². The first kappa shape index (κ1) is 20.2. The van der Waals surface area contributed by atoms with E-state index in [0.717, 1.165) is 25.7 Å². The second-order valence-corrected chi connectivity index (χ2v) is 8.80. The molecule has 25 heavy (non-hydrogen) atoms. The minimum absolute atomic E-state index is 0. The summed E-state index contributed by atoms with van der Waals surface area (Å²) < 4.78 is 26.1. The Labute approximate surface area is 155 Å². The Morgan fingerprint density at radius 2 is 1.84 bits per heavy atom. The van der Waals surface area contributed by atoms with Crippen LogP contribution in [-0.2, 0) is 10.0 Å². The molecular formula is C17H26ClN3O3S. The van der Waals surface area contributed by atoms with Crippen LogP contribution in [0.1, 0.15) is 42.5 Å². The summed E-state index contributed by atoms with van der Waals surface area (Å²) in [5.41, 5.74) is 6.50. The zero-order valence-corrected chi connectivity index (χ0v) is 15.9. The highest BCUT2D eigenvalue weighted by Crippen LogP contribution is 2.39. The Hall–Kier alpha value is -1.15. The van der Waals surface area contributed by atoms with Crippen molar-refractivity contribution < 1.29 is 13.2 Å². The maximum absolute atomic E-state index is 12.6. The summed E-state index contributed by atoms with van der Waals surface area (Å²) in [5, 5.41) is 3.14. The molecule has 0 heterocycles. The highest BCUT2D eigenvalue weighted by Gasteiger charge is 2.40. The summed E-state index contributed by atoms with van der Waals surface area (Å²) in [6.45, 7) is 0. The third kappa shape index (κ3) is 4.34. The lowest BCUT2D eigenvalue weighted by Crippen LogP contribution is -2.53. The molecule has 3 rings (SSSR count). The minimum Gasteiger partial charge on any atom is -0.349 e. The molecule has 1 aromatic carbocycles. The number of benzene rings is 1. The number of nitrogens with two attached hydrogens (primary N) is 1. The van der Waals surface area contributed by atoms with Crippen LogP contribution in [0, 0.1) is 11.8 Å².